The predicted molar refractivity (Wildman–Crippen MR) is 65.4 cm³/mol. The minimum absolute atomic E-state index is 0.333. The quantitative estimate of drug-likeness (QED) is 0.901. The van der Waals surface area contributed by atoms with Gasteiger partial charge in [0.15, 0.2) is 0 Å². The van der Waals surface area contributed by atoms with Crippen LogP contribution >= 0.6 is 0 Å². The summed E-state index contributed by atoms with van der Waals surface area (Å²) in [5.41, 5.74) is 4.18. The number of carbonyl (C=O) groups is 1. The van der Waals surface area contributed by atoms with Gasteiger partial charge in [0, 0.05) is 19.6 Å². The molecule has 98 valence electrons. The molecule has 1 aliphatic heterocycles. The van der Waals surface area contributed by atoms with Crippen molar-refractivity contribution < 1.29 is 14.5 Å². The van der Waals surface area contributed by atoms with E-state index in [0.29, 0.717) is 12.1 Å². The minimum Gasteiger partial charge on any atom is -0.478 e. The van der Waals surface area contributed by atoms with Crippen LogP contribution in [0.2, 0.25) is 0 Å². The van der Waals surface area contributed by atoms with Gasteiger partial charge in [-0.25, -0.2) is 9.42 Å². The molecule has 0 saturated heterocycles. The van der Waals surface area contributed by atoms with Gasteiger partial charge in [-0.1, -0.05) is 16.4 Å². The Morgan fingerprint density at radius 3 is 2.84 bits per heavy atom. The van der Waals surface area contributed by atoms with Crippen molar-refractivity contribution in [2.45, 2.75) is 26.6 Å². The van der Waals surface area contributed by atoms with Crippen molar-refractivity contribution in [1.82, 2.24) is 15.2 Å². The number of hydrogen-bond acceptors (Lipinski definition) is 5. The molecular formula is C13H13N3O3. The standard InChI is InChI=1S/C13H13N3O3/c1-8-12(15-19-14-8)7-16-5-10-3-2-9(13(17)18)4-11(10)6-16/h2-4H,5-7H2,1H3,(H,17,18). The Balaban J connectivity index is 1.77. The molecular weight excluding hydrogens is 246 g/mol. The van der Waals surface area contributed by atoms with E-state index < -0.39 is 5.97 Å². The van der Waals surface area contributed by atoms with Crippen LogP contribution in [0.25, 0.3) is 0 Å². The van der Waals surface area contributed by atoms with Gasteiger partial charge in [0.05, 0.1) is 5.56 Å². The second kappa shape index (κ2) is 4.47. The van der Waals surface area contributed by atoms with Crippen LogP contribution in [-0.4, -0.2) is 26.3 Å². The first-order chi connectivity index (χ1) is 9.13. The summed E-state index contributed by atoms with van der Waals surface area (Å²) >= 11 is 0. The monoisotopic (exact) mass is 259 g/mol. The van der Waals surface area contributed by atoms with E-state index in [4.69, 9.17) is 5.11 Å². The van der Waals surface area contributed by atoms with Crippen molar-refractivity contribution in [2.24, 2.45) is 0 Å². The molecule has 0 aliphatic carbocycles. The SMILES string of the molecule is Cc1nonc1CN1Cc2ccc(C(=O)O)cc2C1. The first kappa shape index (κ1) is 11.9. The molecule has 1 aromatic heterocycles. The molecule has 2 aromatic rings. The van der Waals surface area contributed by atoms with Crippen molar-refractivity contribution >= 4 is 5.97 Å². The molecule has 2 heterocycles. The number of carboxylic acids is 1. The van der Waals surface area contributed by atoms with E-state index >= 15 is 0 Å². The fraction of sp³-hybridized carbons (Fsp3) is 0.308. The lowest BCUT2D eigenvalue weighted by Crippen LogP contribution is -2.16. The molecule has 6 heteroatoms. The maximum Gasteiger partial charge on any atom is 0.335 e. The molecule has 0 fully saturated rings. The summed E-state index contributed by atoms with van der Waals surface area (Å²) in [6, 6.07) is 5.27. The molecule has 0 saturated carbocycles. The average Bonchev–Trinajstić information content (AvgIpc) is 2.95. The van der Waals surface area contributed by atoms with Gasteiger partial charge in [-0.15, -0.1) is 0 Å². The Morgan fingerprint density at radius 1 is 1.37 bits per heavy atom. The van der Waals surface area contributed by atoms with Gasteiger partial charge in [0.25, 0.3) is 0 Å². The molecule has 0 radical (unpaired) electrons. The minimum atomic E-state index is -0.891. The summed E-state index contributed by atoms with van der Waals surface area (Å²) in [5.74, 6) is -0.891. The Hall–Kier alpha value is -2.21. The highest BCUT2D eigenvalue weighted by atomic mass is 16.6. The number of hydrogen-bond donors (Lipinski definition) is 1. The van der Waals surface area contributed by atoms with Crippen LogP contribution in [0.5, 0.6) is 0 Å². The fourth-order valence-electron chi connectivity index (χ4n) is 2.31. The van der Waals surface area contributed by atoms with Crippen molar-refractivity contribution in [1.29, 1.82) is 0 Å². The second-order valence-corrected chi connectivity index (χ2v) is 4.73. The summed E-state index contributed by atoms with van der Waals surface area (Å²) in [6.45, 7) is 4.04. The lowest BCUT2D eigenvalue weighted by Gasteiger charge is -2.12. The van der Waals surface area contributed by atoms with E-state index in [9.17, 15) is 4.79 Å². The summed E-state index contributed by atoms with van der Waals surface area (Å²) in [6.07, 6.45) is 0. The Labute approximate surface area is 109 Å². The lowest BCUT2D eigenvalue weighted by atomic mass is 10.1. The number of aromatic carboxylic acids is 1. The Bertz CT molecular complexity index is 636. The number of nitrogens with zero attached hydrogens (tertiary/aromatic N) is 3. The molecule has 3 rings (SSSR count). The number of aromatic nitrogens is 2. The third-order valence-electron chi connectivity index (χ3n) is 3.36. The van der Waals surface area contributed by atoms with Crippen LogP contribution in [0.3, 0.4) is 0 Å². The third-order valence-corrected chi connectivity index (χ3v) is 3.36. The predicted octanol–water partition coefficient (Wildman–Crippen LogP) is 1.59. The largest absolute Gasteiger partial charge is 0.478 e. The normalized spacial score (nSPS) is 14.6. The zero-order chi connectivity index (χ0) is 13.4. The van der Waals surface area contributed by atoms with Crippen LogP contribution in [0.1, 0.15) is 32.9 Å². The van der Waals surface area contributed by atoms with Crippen LogP contribution < -0.4 is 0 Å². The number of benzene rings is 1. The Kier molecular flexibility index (Phi) is 2.79. The number of fused-ring (bicyclic) bond motifs is 1. The first-order valence-electron chi connectivity index (χ1n) is 5.99. The smallest absolute Gasteiger partial charge is 0.335 e. The molecule has 0 amide bonds. The number of aryl methyl sites for hydroxylation is 1. The molecule has 1 aliphatic rings. The van der Waals surface area contributed by atoms with Crippen LogP contribution in [0.15, 0.2) is 22.8 Å². The van der Waals surface area contributed by atoms with E-state index in [1.54, 1.807) is 12.1 Å². The van der Waals surface area contributed by atoms with E-state index in [1.165, 1.54) is 5.56 Å². The maximum absolute atomic E-state index is 10.9. The molecule has 0 bridgehead atoms. The highest BCUT2D eigenvalue weighted by Crippen LogP contribution is 2.25. The number of rotatable bonds is 3. The highest BCUT2D eigenvalue weighted by molar-refractivity contribution is 5.87. The van der Waals surface area contributed by atoms with Crippen molar-refractivity contribution in [3.8, 4) is 0 Å². The van der Waals surface area contributed by atoms with Gasteiger partial charge in [-0.05, 0) is 30.2 Å². The van der Waals surface area contributed by atoms with Crippen molar-refractivity contribution in [3.05, 3.63) is 46.3 Å². The second-order valence-electron chi connectivity index (χ2n) is 4.73. The summed E-state index contributed by atoms with van der Waals surface area (Å²) < 4.78 is 4.68. The van der Waals surface area contributed by atoms with E-state index in [0.717, 1.165) is 30.0 Å². The third kappa shape index (κ3) is 2.22. The molecule has 19 heavy (non-hydrogen) atoms. The molecule has 1 aromatic carbocycles. The highest BCUT2D eigenvalue weighted by Gasteiger charge is 2.22. The van der Waals surface area contributed by atoms with E-state index in [2.05, 4.69) is 19.8 Å². The zero-order valence-electron chi connectivity index (χ0n) is 10.5. The first-order valence-corrected chi connectivity index (χ1v) is 5.99. The van der Waals surface area contributed by atoms with Gasteiger partial charge in [-0.3, -0.25) is 4.90 Å². The van der Waals surface area contributed by atoms with Crippen LogP contribution in [0, 0.1) is 6.92 Å². The van der Waals surface area contributed by atoms with Gasteiger partial charge in [-0.2, -0.15) is 0 Å². The van der Waals surface area contributed by atoms with Gasteiger partial charge in [0.1, 0.15) is 11.4 Å². The van der Waals surface area contributed by atoms with Gasteiger partial charge in [0.2, 0.25) is 0 Å². The van der Waals surface area contributed by atoms with Crippen molar-refractivity contribution in [2.75, 3.05) is 0 Å². The molecule has 0 spiro atoms. The van der Waals surface area contributed by atoms with Gasteiger partial charge < -0.3 is 5.11 Å². The summed E-state index contributed by atoms with van der Waals surface area (Å²) in [4.78, 5) is 13.1. The van der Waals surface area contributed by atoms with Crippen molar-refractivity contribution in [3.63, 3.8) is 0 Å². The lowest BCUT2D eigenvalue weighted by molar-refractivity contribution is 0.0696. The van der Waals surface area contributed by atoms with E-state index in [1.807, 2.05) is 13.0 Å². The summed E-state index contributed by atoms with van der Waals surface area (Å²) in [7, 11) is 0. The summed E-state index contributed by atoms with van der Waals surface area (Å²) in [5, 5.41) is 16.6. The maximum atomic E-state index is 10.9. The van der Waals surface area contributed by atoms with Gasteiger partial charge >= 0.3 is 5.97 Å². The molecule has 1 N–H and O–H groups in total. The zero-order valence-corrected chi connectivity index (χ0v) is 10.5. The topological polar surface area (TPSA) is 79.5 Å². The molecule has 0 atom stereocenters. The van der Waals surface area contributed by atoms with Crippen LogP contribution in [-0.2, 0) is 19.6 Å². The average molecular weight is 259 g/mol. The Morgan fingerprint density at radius 2 is 2.16 bits per heavy atom. The fourth-order valence-corrected chi connectivity index (χ4v) is 2.31. The molecule has 0 unspecified atom stereocenters. The van der Waals surface area contributed by atoms with E-state index in [-0.39, 0.29) is 0 Å². The van der Waals surface area contributed by atoms with Crippen LogP contribution in [0.4, 0.5) is 0 Å². The molecule has 6 nitrogen and oxygen atoms in total. The number of carboxylic acid groups (broad SMARTS) is 1.